The molecule has 170 valence electrons. The summed E-state index contributed by atoms with van der Waals surface area (Å²) in [5.74, 6) is 1.28. The average molecular weight is 438 g/mol. The smallest absolute Gasteiger partial charge is 0.407 e. The van der Waals surface area contributed by atoms with Crippen LogP contribution < -0.4 is 15.6 Å². The highest BCUT2D eigenvalue weighted by Gasteiger charge is 2.28. The van der Waals surface area contributed by atoms with Gasteiger partial charge in [-0.2, -0.15) is 0 Å². The number of hydrogen-bond donors (Lipinski definition) is 1. The Bertz CT molecular complexity index is 1220. The maximum Gasteiger partial charge on any atom is 0.407 e. The van der Waals surface area contributed by atoms with E-state index < -0.39 is 11.7 Å². The molecule has 0 aliphatic heterocycles. The Labute approximate surface area is 187 Å². The lowest BCUT2D eigenvalue weighted by Gasteiger charge is -2.24. The highest BCUT2D eigenvalue weighted by Crippen LogP contribution is 2.34. The van der Waals surface area contributed by atoms with Gasteiger partial charge in [0.25, 0.3) is 5.56 Å². The van der Waals surface area contributed by atoms with Crippen molar-refractivity contribution in [1.82, 2.24) is 14.9 Å². The third-order valence-corrected chi connectivity index (χ3v) is 5.77. The van der Waals surface area contributed by atoms with E-state index >= 15 is 0 Å². The lowest BCUT2D eigenvalue weighted by atomic mass is 10.1. The van der Waals surface area contributed by atoms with E-state index in [1.807, 2.05) is 52.0 Å². The number of rotatable bonds is 6. The Morgan fingerprint density at radius 3 is 2.69 bits per heavy atom. The fourth-order valence-electron chi connectivity index (χ4n) is 4.04. The molecule has 1 amide bonds. The Balaban J connectivity index is 1.56. The highest BCUT2D eigenvalue weighted by atomic mass is 16.6. The van der Waals surface area contributed by atoms with Crippen LogP contribution >= 0.6 is 0 Å². The Kier molecular flexibility index (Phi) is 5.84. The first-order valence-electron chi connectivity index (χ1n) is 11.1. The topological polar surface area (TPSA) is 82.5 Å². The monoisotopic (exact) mass is 437 g/mol. The van der Waals surface area contributed by atoms with Gasteiger partial charge in [-0.1, -0.05) is 12.8 Å². The quantitative estimate of drug-likeness (QED) is 0.576. The highest BCUT2D eigenvalue weighted by molar-refractivity contribution is 6.06. The van der Waals surface area contributed by atoms with E-state index in [0.717, 1.165) is 28.4 Å². The predicted molar refractivity (Wildman–Crippen MR) is 125 cm³/mol. The third-order valence-electron chi connectivity index (χ3n) is 5.77. The zero-order valence-electron chi connectivity index (χ0n) is 19.4. The van der Waals surface area contributed by atoms with E-state index in [1.54, 1.807) is 17.8 Å². The number of alkyl carbamates (subject to hydrolysis) is 1. The summed E-state index contributed by atoms with van der Waals surface area (Å²) in [5.41, 5.74) is 0.897. The zero-order valence-corrected chi connectivity index (χ0v) is 19.4. The van der Waals surface area contributed by atoms with Gasteiger partial charge in [0.15, 0.2) is 0 Å². The van der Waals surface area contributed by atoms with Crippen molar-refractivity contribution in [2.75, 3.05) is 6.61 Å². The number of aromatic nitrogens is 2. The second kappa shape index (κ2) is 8.45. The summed E-state index contributed by atoms with van der Waals surface area (Å²) in [7, 11) is 1.76. The number of amides is 1. The number of hydrogen-bond acceptors (Lipinski definition) is 5. The number of fused-ring (bicyclic) bond motifs is 3. The second-order valence-electron chi connectivity index (χ2n) is 9.70. The van der Waals surface area contributed by atoms with E-state index in [0.29, 0.717) is 23.7 Å². The molecular formula is C25H31N3O4. The van der Waals surface area contributed by atoms with Crippen LogP contribution in [0.4, 0.5) is 4.79 Å². The predicted octanol–water partition coefficient (Wildman–Crippen LogP) is 4.47. The van der Waals surface area contributed by atoms with E-state index in [9.17, 15) is 9.59 Å². The van der Waals surface area contributed by atoms with Gasteiger partial charge < -0.3 is 19.4 Å². The van der Waals surface area contributed by atoms with Crippen LogP contribution in [0.5, 0.6) is 5.75 Å². The summed E-state index contributed by atoms with van der Waals surface area (Å²) in [5, 5.41) is 5.46. The standard InChI is InChI=1S/C25H31N3O4/c1-15-22-20(10-11-26-15)19-9-8-18(13-21(19)28(5)23(22)29)31-14-17(12-16-6-7-16)27-24(30)32-25(2,3)4/h8-11,13,16-17H,6-7,12,14H2,1-5H3,(H,27,30)/t17-/m0/s1. The Morgan fingerprint density at radius 2 is 2.00 bits per heavy atom. The Morgan fingerprint density at radius 1 is 1.25 bits per heavy atom. The van der Waals surface area contributed by atoms with Crippen LogP contribution in [-0.4, -0.2) is 33.9 Å². The number of carbonyl (C=O) groups excluding carboxylic acids is 1. The lowest BCUT2D eigenvalue weighted by molar-refractivity contribution is 0.0482. The van der Waals surface area contributed by atoms with Gasteiger partial charge in [-0.25, -0.2) is 4.79 Å². The molecule has 32 heavy (non-hydrogen) atoms. The van der Waals surface area contributed by atoms with Crippen LogP contribution in [0.1, 0.15) is 45.7 Å². The first kappa shape index (κ1) is 22.1. The van der Waals surface area contributed by atoms with Crippen molar-refractivity contribution in [2.24, 2.45) is 13.0 Å². The molecule has 2 heterocycles. The molecule has 0 spiro atoms. The molecule has 1 aliphatic carbocycles. The molecular weight excluding hydrogens is 406 g/mol. The van der Waals surface area contributed by atoms with Crippen LogP contribution in [0.3, 0.4) is 0 Å². The molecule has 0 saturated heterocycles. The molecule has 1 N–H and O–H groups in total. The van der Waals surface area contributed by atoms with Crippen LogP contribution in [0, 0.1) is 12.8 Å². The van der Waals surface area contributed by atoms with Crippen molar-refractivity contribution < 1.29 is 14.3 Å². The van der Waals surface area contributed by atoms with Crippen molar-refractivity contribution in [3.05, 3.63) is 46.5 Å². The molecule has 4 rings (SSSR count). The molecule has 1 fully saturated rings. The molecule has 7 heteroatoms. The summed E-state index contributed by atoms with van der Waals surface area (Å²) in [6.45, 7) is 7.73. The number of benzene rings is 1. The van der Waals surface area contributed by atoms with E-state index in [1.165, 1.54) is 12.8 Å². The third kappa shape index (κ3) is 4.87. The number of aryl methyl sites for hydroxylation is 2. The van der Waals surface area contributed by atoms with E-state index in [-0.39, 0.29) is 11.6 Å². The minimum Gasteiger partial charge on any atom is -0.491 e. The molecule has 0 unspecified atom stereocenters. The van der Waals surface area contributed by atoms with Gasteiger partial charge in [-0.05, 0) is 63.6 Å². The lowest BCUT2D eigenvalue weighted by Crippen LogP contribution is -2.42. The van der Waals surface area contributed by atoms with Crippen molar-refractivity contribution >= 4 is 27.8 Å². The van der Waals surface area contributed by atoms with Crippen LogP contribution in [0.15, 0.2) is 35.3 Å². The van der Waals surface area contributed by atoms with Crippen molar-refractivity contribution in [3.63, 3.8) is 0 Å². The molecule has 1 saturated carbocycles. The summed E-state index contributed by atoms with van der Waals surface area (Å²) in [6.07, 6.45) is 4.54. The first-order chi connectivity index (χ1) is 15.1. The molecule has 1 atom stereocenters. The molecule has 3 aromatic rings. The van der Waals surface area contributed by atoms with Gasteiger partial charge in [0.05, 0.1) is 22.6 Å². The maximum atomic E-state index is 12.9. The van der Waals surface area contributed by atoms with E-state index in [2.05, 4.69) is 10.3 Å². The SMILES string of the molecule is Cc1nccc2c1c(=O)n(C)c1cc(OC[C@H](CC3CC3)NC(=O)OC(C)(C)C)ccc21. The van der Waals surface area contributed by atoms with Gasteiger partial charge >= 0.3 is 6.09 Å². The molecule has 0 bridgehead atoms. The molecule has 1 aromatic carbocycles. The average Bonchev–Trinajstić information content (AvgIpc) is 3.52. The Hall–Kier alpha value is -3.09. The van der Waals surface area contributed by atoms with Crippen molar-refractivity contribution in [3.8, 4) is 5.75 Å². The fraction of sp³-hybridized carbons (Fsp3) is 0.480. The molecule has 2 aromatic heterocycles. The fourth-order valence-corrected chi connectivity index (χ4v) is 4.04. The number of nitrogens with zero attached hydrogens (tertiary/aromatic N) is 2. The van der Waals surface area contributed by atoms with Crippen LogP contribution in [-0.2, 0) is 11.8 Å². The van der Waals surface area contributed by atoms with Gasteiger partial charge in [-0.3, -0.25) is 9.78 Å². The van der Waals surface area contributed by atoms with E-state index in [4.69, 9.17) is 9.47 Å². The largest absolute Gasteiger partial charge is 0.491 e. The number of carbonyl (C=O) groups is 1. The number of ether oxygens (including phenoxy) is 2. The summed E-state index contributed by atoms with van der Waals surface area (Å²) >= 11 is 0. The summed E-state index contributed by atoms with van der Waals surface area (Å²) in [6, 6.07) is 7.51. The molecule has 0 radical (unpaired) electrons. The molecule has 7 nitrogen and oxygen atoms in total. The minimum absolute atomic E-state index is 0.0755. The van der Waals surface area contributed by atoms with Crippen molar-refractivity contribution in [2.45, 2.75) is 58.6 Å². The minimum atomic E-state index is -0.547. The van der Waals surface area contributed by atoms with Gasteiger partial charge in [0, 0.05) is 24.7 Å². The van der Waals surface area contributed by atoms with Crippen LogP contribution in [0.25, 0.3) is 21.7 Å². The number of nitrogens with one attached hydrogen (secondary N) is 1. The first-order valence-corrected chi connectivity index (χ1v) is 11.1. The normalized spacial score (nSPS) is 15.0. The summed E-state index contributed by atoms with van der Waals surface area (Å²) in [4.78, 5) is 29.5. The maximum absolute atomic E-state index is 12.9. The zero-order chi connectivity index (χ0) is 23.0. The summed E-state index contributed by atoms with van der Waals surface area (Å²) < 4.78 is 13.1. The van der Waals surface area contributed by atoms with Gasteiger partial charge in [0.1, 0.15) is 18.0 Å². The molecule has 1 aliphatic rings. The second-order valence-corrected chi connectivity index (χ2v) is 9.70. The van der Waals surface area contributed by atoms with Gasteiger partial charge in [0.2, 0.25) is 0 Å². The van der Waals surface area contributed by atoms with Crippen molar-refractivity contribution in [1.29, 1.82) is 0 Å². The van der Waals surface area contributed by atoms with Crippen LogP contribution in [0.2, 0.25) is 0 Å². The number of pyridine rings is 2. The van der Waals surface area contributed by atoms with Gasteiger partial charge in [-0.15, -0.1) is 0 Å².